The lowest BCUT2D eigenvalue weighted by atomic mass is 9.76. The maximum atomic E-state index is 4.78. The Kier molecular flexibility index (Phi) is 16.4. The van der Waals surface area contributed by atoms with Gasteiger partial charge in [0.2, 0.25) is 0 Å². The summed E-state index contributed by atoms with van der Waals surface area (Å²) in [6, 6.07) is 22.2. The van der Waals surface area contributed by atoms with Crippen LogP contribution in [0.25, 0.3) is 0 Å². The van der Waals surface area contributed by atoms with E-state index in [1.807, 2.05) is 0 Å². The van der Waals surface area contributed by atoms with Crippen LogP contribution in [-0.4, -0.2) is 30.9 Å². The van der Waals surface area contributed by atoms with Gasteiger partial charge in [-0.25, -0.2) is 0 Å². The Labute approximate surface area is 241 Å². The maximum Gasteiger partial charge on any atom is 0.0849 e. The van der Waals surface area contributed by atoms with Crippen molar-refractivity contribution in [2.24, 2.45) is 10.9 Å². The van der Waals surface area contributed by atoms with Crippen molar-refractivity contribution in [1.82, 2.24) is 4.90 Å². The van der Waals surface area contributed by atoms with Crippen molar-refractivity contribution >= 4 is 6.34 Å². The average Bonchev–Trinajstić information content (AvgIpc) is 2.98. The smallest absolute Gasteiger partial charge is 0.0849 e. The molecule has 2 aromatic rings. The van der Waals surface area contributed by atoms with Crippen LogP contribution in [0, 0.1) is 5.92 Å². The van der Waals surface area contributed by atoms with Crippen molar-refractivity contribution in [2.75, 3.05) is 19.6 Å². The molecule has 0 saturated carbocycles. The van der Waals surface area contributed by atoms with Gasteiger partial charge in [-0.15, -0.1) is 0 Å². The summed E-state index contributed by atoms with van der Waals surface area (Å²) in [4.78, 5) is 7.22. The maximum absolute atomic E-state index is 4.78. The van der Waals surface area contributed by atoms with Gasteiger partial charge in [0.1, 0.15) is 0 Å². The van der Waals surface area contributed by atoms with E-state index >= 15 is 0 Å². The normalized spacial score (nSPS) is 14.8. The lowest BCUT2D eigenvalue weighted by molar-refractivity contribution is 0.254. The number of rotatable bonds is 20. The molecule has 1 heterocycles. The van der Waals surface area contributed by atoms with E-state index in [4.69, 9.17) is 4.99 Å². The second kappa shape index (κ2) is 20.5. The van der Waals surface area contributed by atoms with Gasteiger partial charge in [-0.1, -0.05) is 138 Å². The summed E-state index contributed by atoms with van der Waals surface area (Å²) in [6.45, 7) is 5.52. The number of likely N-dealkylation sites (tertiary alicyclic amines) is 1. The van der Waals surface area contributed by atoms with Gasteiger partial charge in [-0.3, -0.25) is 4.99 Å². The van der Waals surface area contributed by atoms with Crippen molar-refractivity contribution in [2.45, 2.75) is 116 Å². The van der Waals surface area contributed by atoms with Crippen LogP contribution in [0.5, 0.6) is 0 Å². The van der Waals surface area contributed by atoms with E-state index in [0.717, 1.165) is 19.6 Å². The number of allylic oxidation sites excluding steroid dienone is 2. The number of hydrogen-bond acceptors (Lipinski definition) is 1. The molecule has 0 unspecified atom stereocenters. The Morgan fingerprint density at radius 1 is 0.667 bits per heavy atom. The fourth-order valence-corrected chi connectivity index (χ4v) is 6.05. The zero-order chi connectivity index (χ0) is 27.2. The van der Waals surface area contributed by atoms with Crippen LogP contribution < -0.4 is 0 Å². The summed E-state index contributed by atoms with van der Waals surface area (Å²) in [5.74, 6) is 1.18. The van der Waals surface area contributed by atoms with Gasteiger partial charge in [0.15, 0.2) is 0 Å². The fourth-order valence-electron chi connectivity index (χ4n) is 6.05. The van der Waals surface area contributed by atoms with Crippen LogP contribution in [0.1, 0.15) is 127 Å². The minimum atomic E-state index is 0.493. The van der Waals surface area contributed by atoms with Crippen LogP contribution in [0.4, 0.5) is 0 Å². The molecule has 0 radical (unpaired) electrons. The highest BCUT2D eigenvalue weighted by molar-refractivity contribution is 5.55. The van der Waals surface area contributed by atoms with Gasteiger partial charge in [-0.05, 0) is 62.0 Å². The predicted molar refractivity (Wildman–Crippen MR) is 172 cm³/mol. The zero-order valence-electron chi connectivity index (χ0n) is 25.0. The molecule has 0 bridgehead atoms. The number of piperidine rings is 1. The Hall–Kier alpha value is -2.35. The standard InChI is InChI=1S/C37H56N2/c1-2-3-4-5-6-7-8-9-10-11-12-13-14-15-16-23-30-38-33-39-31-28-36(29-32-39)37(34-24-19-17-20-25-34)35-26-21-18-22-27-35/h9-10,17-22,24-27,33,36-37H,2-8,11-16,23,28-32H2,1H3/b10-9+,38-33+. The molecule has 1 saturated heterocycles. The first kappa shape index (κ1) is 31.2. The van der Waals surface area contributed by atoms with Gasteiger partial charge >= 0.3 is 0 Å². The van der Waals surface area contributed by atoms with Crippen LogP contribution in [-0.2, 0) is 0 Å². The third kappa shape index (κ3) is 13.0. The molecule has 39 heavy (non-hydrogen) atoms. The summed E-state index contributed by atoms with van der Waals surface area (Å²) in [6.07, 6.45) is 28.5. The SMILES string of the molecule is CCCCCCCC/C=C/CCCCCCCC/N=C/N1CCC(C(c2ccccc2)c2ccccc2)CC1. The zero-order valence-corrected chi connectivity index (χ0v) is 25.0. The Balaban J connectivity index is 1.20. The average molecular weight is 529 g/mol. The van der Waals surface area contributed by atoms with Crippen molar-refractivity contribution in [3.8, 4) is 0 Å². The van der Waals surface area contributed by atoms with E-state index in [9.17, 15) is 0 Å². The molecule has 1 fully saturated rings. The summed E-state index contributed by atoms with van der Waals surface area (Å²) in [5, 5.41) is 0. The highest BCUT2D eigenvalue weighted by atomic mass is 15.1. The molecule has 0 spiro atoms. The van der Waals surface area contributed by atoms with E-state index in [1.165, 1.54) is 114 Å². The summed E-state index contributed by atoms with van der Waals surface area (Å²) < 4.78 is 0. The third-order valence-electron chi connectivity index (χ3n) is 8.41. The van der Waals surface area contributed by atoms with Crippen LogP contribution in [0.3, 0.4) is 0 Å². The molecular weight excluding hydrogens is 472 g/mol. The first-order valence-corrected chi connectivity index (χ1v) is 16.4. The molecule has 2 aromatic carbocycles. The highest BCUT2D eigenvalue weighted by Crippen LogP contribution is 2.37. The summed E-state index contributed by atoms with van der Waals surface area (Å²) in [5.41, 5.74) is 2.91. The quantitative estimate of drug-likeness (QED) is 0.0722. The predicted octanol–water partition coefficient (Wildman–Crippen LogP) is 10.6. The monoisotopic (exact) mass is 528 g/mol. The minimum absolute atomic E-state index is 0.493. The third-order valence-corrected chi connectivity index (χ3v) is 8.41. The number of nitrogens with zero attached hydrogens (tertiary/aromatic N) is 2. The molecular formula is C37H56N2. The van der Waals surface area contributed by atoms with E-state index < -0.39 is 0 Å². The Bertz CT molecular complexity index is 841. The van der Waals surface area contributed by atoms with E-state index in [1.54, 1.807) is 0 Å². The highest BCUT2D eigenvalue weighted by Gasteiger charge is 2.28. The number of unbranched alkanes of at least 4 members (excludes halogenated alkanes) is 12. The van der Waals surface area contributed by atoms with Gasteiger partial charge in [0.25, 0.3) is 0 Å². The van der Waals surface area contributed by atoms with Gasteiger partial charge in [-0.2, -0.15) is 0 Å². The van der Waals surface area contributed by atoms with Crippen molar-refractivity contribution in [3.63, 3.8) is 0 Å². The summed E-state index contributed by atoms with van der Waals surface area (Å²) >= 11 is 0. The lowest BCUT2D eigenvalue weighted by Crippen LogP contribution is -2.35. The van der Waals surface area contributed by atoms with E-state index in [2.05, 4.69) is 91.0 Å². The second-order valence-electron chi connectivity index (χ2n) is 11.6. The fraction of sp³-hybridized carbons (Fsp3) is 0.595. The lowest BCUT2D eigenvalue weighted by Gasteiger charge is -2.36. The second-order valence-corrected chi connectivity index (χ2v) is 11.6. The molecule has 0 atom stereocenters. The number of hydrogen-bond donors (Lipinski definition) is 0. The summed E-state index contributed by atoms with van der Waals surface area (Å²) in [7, 11) is 0. The molecule has 2 nitrogen and oxygen atoms in total. The molecule has 0 amide bonds. The van der Waals surface area contributed by atoms with Gasteiger partial charge < -0.3 is 4.90 Å². The van der Waals surface area contributed by atoms with Crippen LogP contribution in [0.2, 0.25) is 0 Å². The van der Waals surface area contributed by atoms with Gasteiger partial charge in [0.05, 0.1) is 6.34 Å². The van der Waals surface area contributed by atoms with Crippen molar-refractivity contribution in [3.05, 3.63) is 83.9 Å². The molecule has 214 valence electrons. The molecule has 1 aliphatic rings. The largest absolute Gasteiger partial charge is 0.363 e. The minimum Gasteiger partial charge on any atom is -0.363 e. The molecule has 2 heteroatoms. The van der Waals surface area contributed by atoms with Crippen molar-refractivity contribution < 1.29 is 0 Å². The van der Waals surface area contributed by atoms with E-state index in [-0.39, 0.29) is 0 Å². The first-order chi connectivity index (χ1) is 19.4. The van der Waals surface area contributed by atoms with Crippen molar-refractivity contribution in [1.29, 1.82) is 0 Å². The number of benzene rings is 2. The molecule has 3 rings (SSSR count). The first-order valence-electron chi connectivity index (χ1n) is 16.4. The van der Waals surface area contributed by atoms with Crippen LogP contribution in [0.15, 0.2) is 77.8 Å². The van der Waals surface area contributed by atoms with Gasteiger partial charge in [0, 0.05) is 25.6 Å². The molecule has 0 N–H and O–H groups in total. The molecule has 0 aromatic heterocycles. The Morgan fingerprint density at radius 3 is 1.69 bits per heavy atom. The van der Waals surface area contributed by atoms with E-state index in [0.29, 0.717) is 11.8 Å². The van der Waals surface area contributed by atoms with Crippen LogP contribution >= 0.6 is 0 Å². The molecule has 1 aliphatic heterocycles. The Morgan fingerprint density at radius 2 is 1.15 bits per heavy atom. The topological polar surface area (TPSA) is 15.6 Å². The molecule has 0 aliphatic carbocycles. The number of aliphatic imine (C=N–C) groups is 1.